The van der Waals surface area contributed by atoms with Gasteiger partial charge in [0.05, 0.1) is 0 Å². The van der Waals surface area contributed by atoms with Crippen LogP contribution in [0.3, 0.4) is 0 Å². The van der Waals surface area contributed by atoms with E-state index in [4.69, 9.17) is 0 Å². The zero-order valence-electron chi connectivity index (χ0n) is 13.1. The Kier molecular flexibility index (Phi) is 4.87. The van der Waals surface area contributed by atoms with Crippen molar-refractivity contribution >= 4 is 0 Å². The highest BCUT2D eigenvalue weighted by Crippen LogP contribution is 2.22. The Morgan fingerprint density at radius 1 is 1.32 bits per heavy atom. The first-order valence-corrected chi connectivity index (χ1v) is 7.89. The SMILES string of the molecule is CN1CCN(Cc2ccccc2-c2ncc[nH]2)CC1CCO. The van der Waals surface area contributed by atoms with Gasteiger partial charge >= 0.3 is 0 Å². The Labute approximate surface area is 131 Å². The molecule has 1 saturated heterocycles. The summed E-state index contributed by atoms with van der Waals surface area (Å²) >= 11 is 0. The molecule has 1 aromatic carbocycles. The number of benzene rings is 1. The topological polar surface area (TPSA) is 55.4 Å². The van der Waals surface area contributed by atoms with Crippen molar-refractivity contribution in [3.8, 4) is 11.4 Å². The van der Waals surface area contributed by atoms with Crippen LogP contribution in [0.5, 0.6) is 0 Å². The predicted octanol–water partition coefficient (Wildman–Crippen LogP) is 1.58. The molecule has 2 aromatic rings. The van der Waals surface area contributed by atoms with Gasteiger partial charge in [0, 0.05) is 56.8 Å². The predicted molar refractivity (Wildman–Crippen MR) is 87.4 cm³/mol. The van der Waals surface area contributed by atoms with Crippen LogP contribution < -0.4 is 0 Å². The number of likely N-dealkylation sites (N-methyl/N-ethyl adjacent to an activating group) is 1. The summed E-state index contributed by atoms with van der Waals surface area (Å²) in [6.45, 7) is 4.29. The molecule has 5 nitrogen and oxygen atoms in total. The lowest BCUT2D eigenvalue weighted by Gasteiger charge is -2.39. The van der Waals surface area contributed by atoms with Crippen molar-refractivity contribution in [2.45, 2.75) is 19.0 Å². The average Bonchev–Trinajstić information content (AvgIpc) is 3.06. The number of H-pyrrole nitrogens is 1. The number of hydrogen-bond donors (Lipinski definition) is 2. The van der Waals surface area contributed by atoms with Crippen LogP contribution in [0.1, 0.15) is 12.0 Å². The fourth-order valence-electron chi connectivity index (χ4n) is 3.16. The van der Waals surface area contributed by atoms with Crippen LogP contribution in [-0.4, -0.2) is 64.2 Å². The molecule has 22 heavy (non-hydrogen) atoms. The largest absolute Gasteiger partial charge is 0.396 e. The maximum Gasteiger partial charge on any atom is 0.137 e. The number of aromatic amines is 1. The Balaban J connectivity index is 1.74. The first kappa shape index (κ1) is 15.2. The van der Waals surface area contributed by atoms with Crippen molar-refractivity contribution in [3.05, 3.63) is 42.2 Å². The van der Waals surface area contributed by atoms with Crippen LogP contribution in [0.2, 0.25) is 0 Å². The normalized spacial score (nSPS) is 20.4. The van der Waals surface area contributed by atoms with Gasteiger partial charge in [-0.25, -0.2) is 4.98 Å². The molecule has 2 N–H and O–H groups in total. The molecule has 1 atom stereocenters. The van der Waals surface area contributed by atoms with Gasteiger partial charge in [-0.05, 0) is 19.0 Å². The molecule has 1 aliphatic rings. The first-order valence-electron chi connectivity index (χ1n) is 7.89. The van der Waals surface area contributed by atoms with Crippen LogP contribution in [-0.2, 0) is 6.54 Å². The van der Waals surface area contributed by atoms with E-state index in [1.165, 1.54) is 11.1 Å². The molecule has 2 heterocycles. The van der Waals surface area contributed by atoms with Gasteiger partial charge in [-0.1, -0.05) is 24.3 Å². The van der Waals surface area contributed by atoms with E-state index < -0.39 is 0 Å². The number of rotatable bonds is 5. The highest BCUT2D eigenvalue weighted by molar-refractivity contribution is 5.59. The number of nitrogens with one attached hydrogen (secondary N) is 1. The summed E-state index contributed by atoms with van der Waals surface area (Å²) in [6, 6.07) is 8.88. The molecule has 1 unspecified atom stereocenters. The van der Waals surface area contributed by atoms with Crippen molar-refractivity contribution in [3.63, 3.8) is 0 Å². The average molecular weight is 300 g/mol. The minimum atomic E-state index is 0.256. The van der Waals surface area contributed by atoms with Crippen molar-refractivity contribution in [1.29, 1.82) is 0 Å². The van der Waals surface area contributed by atoms with E-state index in [9.17, 15) is 5.11 Å². The maximum absolute atomic E-state index is 9.22. The quantitative estimate of drug-likeness (QED) is 0.880. The third-order valence-corrected chi connectivity index (χ3v) is 4.49. The van der Waals surface area contributed by atoms with Gasteiger partial charge in [0.15, 0.2) is 0 Å². The summed E-state index contributed by atoms with van der Waals surface area (Å²) in [5.74, 6) is 0.927. The molecule has 0 saturated carbocycles. The second-order valence-electron chi connectivity index (χ2n) is 5.98. The molecular formula is C17H24N4O. The van der Waals surface area contributed by atoms with Crippen LogP contribution >= 0.6 is 0 Å². The molecule has 0 aliphatic carbocycles. The van der Waals surface area contributed by atoms with Gasteiger partial charge in [-0.3, -0.25) is 4.90 Å². The Morgan fingerprint density at radius 2 is 2.18 bits per heavy atom. The van der Waals surface area contributed by atoms with Gasteiger partial charge < -0.3 is 15.0 Å². The molecule has 1 aromatic heterocycles. The monoisotopic (exact) mass is 300 g/mol. The Hall–Kier alpha value is -1.69. The molecule has 3 rings (SSSR count). The van der Waals surface area contributed by atoms with E-state index in [1.807, 2.05) is 6.20 Å². The molecule has 0 bridgehead atoms. The number of piperazine rings is 1. The van der Waals surface area contributed by atoms with E-state index in [2.05, 4.69) is 51.1 Å². The highest BCUT2D eigenvalue weighted by Gasteiger charge is 2.24. The maximum atomic E-state index is 9.22. The standard InChI is InChI=1S/C17H24N4O/c1-20-9-10-21(13-15(20)6-11-22)12-14-4-2-3-5-16(14)17-18-7-8-19-17/h2-5,7-8,15,22H,6,9-13H2,1H3,(H,18,19). The van der Waals surface area contributed by atoms with E-state index in [0.29, 0.717) is 6.04 Å². The van der Waals surface area contributed by atoms with Crippen LogP contribution in [0.25, 0.3) is 11.4 Å². The number of imidazole rings is 1. The molecule has 1 fully saturated rings. The summed E-state index contributed by atoms with van der Waals surface area (Å²) in [5.41, 5.74) is 2.47. The zero-order valence-corrected chi connectivity index (χ0v) is 13.1. The molecule has 118 valence electrons. The number of hydrogen-bond acceptors (Lipinski definition) is 4. The molecule has 0 spiro atoms. The third kappa shape index (κ3) is 3.38. The molecule has 5 heteroatoms. The molecule has 1 aliphatic heterocycles. The minimum Gasteiger partial charge on any atom is -0.396 e. The van der Waals surface area contributed by atoms with E-state index in [1.54, 1.807) is 6.20 Å². The lowest BCUT2D eigenvalue weighted by atomic mass is 10.0. The summed E-state index contributed by atoms with van der Waals surface area (Å²) in [5, 5.41) is 9.22. The smallest absolute Gasteiger partial charge is 0.137 e. The van der Waals surface area contributed by atoms with Crippen LogP contribution in [0.4, 0.5) is 0 Å². The van der Waals surface area contributed by atoms with Gasteiger partial charge in [0.1, 0.15) is 5.82 Å². The van der Waals surface area contributed by atoms with Gasteiger partial charge in [0.2, 0.25) is 0 Å². The first-order chi connectivity index (χ1) is 10.8. The molecule has 0 amide bonds. The highest BCUT2D eigenvalue weighted by atomic mass is 16.3. The summed E-state index contributed by atoms with van der Waals surface area (Å²) < 4.78 is 0. The van der Waals surface area contributed by atoms with Crippen molar-refractivity contribution in [2.24, 2.45) is 0 Å². The summed E-state index contributed by atoms with van der Waals surface area (Å²) in [4.78, 5) is 12.4. The number of aliphatic hydroxyl groups is 1. The zero-order chi connectivity index (χ0) is 15.4. The van der Waals surface area contributed by atoms with Crippen molar-refractivity contribution < 1.29 is 5.11 Å². The fraction of sp³-hybridized carbons (Fsp3) is 0.471. The van der Waals surface area contributed by atoms with Crippen molar-refractivity contribution in [1.82, 2.24) is 19.8 Å². The minimum absolute atomic E-state index is 0.256. The van der Waals surface area contributed by atoms with Gasteiger partial charge in [-0.2, -0.15) is 0 Å². The van der Waals surface area contributed by atoms with E-state index in [0.717, 1.165) is 38.4 Å². The fourth-order valence-corrected chi connectivity index (χ4v) is 3.16. The second kappa shape index (κ2) is 7.05. The molecule has 0 radical (unpaired) electrons. The van der Waals surface area contributed by atoms with Gasteiger partial charge in [0.25, 0.3) is 0 Å². The Bertz CT molecular complexity index is 584. The van der Waals surface area contributed by atoms with E-state index >= 15 is 0 Å². The Morgan fingerprint density at radius 3 is 2.95 bits per heavy atom. The van der Waals surface area contributed by atoms with Crippen LogP contribution in [0.15, 0.2) is 36.7 Å². The second-order valence-corrected chi connectivity index (χ2v) is 5.98. The number of aliphatic hydroxyl groups excluding tert-OH is 1. The lowest BCUT2D eigenvalue weighted by molar-refractivity contribution is 0.0744. The molecular weight excluding hydrogens is 276 g/mol. The van der Waals surface area contributed by atoms with E-state index in [-0.39, 0.29) is 6.61 Å². The van der Waals surface area contributed by atoms with Gasteiger partial charge in [-0.15, -0.1) is 0 Å². The van der Waals surface area contributed by atoms with Crippen molar-refractivity contribution in [2.75, 3.05) is 33.3 Å². The van der Waals surface area contributed by atoms with Crippen LogP contribution in [0, 0.1) is 0 Å². The third-order valence-electron chi connectivity index (χ3n) is 4.49. The number of nitrogens with zero attached hydrogens (tertiary/aromatic N) is 3. The number of aromatic nitrogens is 2. The summed E-state index contributed by atoms with van der Waals surface area (Å²) in [6.07, 6.45) is 4.49. The lowest BCUT2D eigenvalue weighted by Crippen LogP contribution is -2.51. The summed E-state index contributed by atoms with van der Waals surface area (Å²) in [7, 11) is 2.15.